The fourth-order valence-electron chi connectivity index (χ4n) is 1.77. The number of amides is 1. The topological polar surface area (TPSA) is 102 Å². The number of nitrogens with one attached hydrogen (secondary N) is 1. The van der Waals surface area contributed by atoms with Crippen LogP contribution in [0.3, 0.4) is 0 Å². The van der Waals surface area contributed by atoms with E-state index in [1.807, 2.05) is 0 Å². The molecule has 2 aromatic rings. The minimum atomic E-state index is -3.54. The van der Waals surface area contributed by atoms with Gasteiger partial charge in [0.2, 0.25) is 0 Å². The summed E-state index contributed by atoms with van der Waals surface area (Å²) >= 11 is 1.05. The number of benzene rings is 1. The highest BCUT2D eigenvalue weighted by atomic mass is 32.2. The second kappa shape index (κ2) is 6.88. The quantitative estimate of drug-likeness (QED) is 0.824. The van der Waals surface area contributed by atoms with Gasteiger partial charge in [-0.3, -0.25) is 10.1 Å². The van der Waals surface area contributed by atoms with Gasteiger partial charge in [0.25, 0.3) is 5.91 Å². The molecule has 1 heterocycles. The number of hydrogen-bond donors (Lipinski definition) is 1. The summed E-state index contributed by atoms with van der Waals surface area (Å²) in [6.07, 6.45) is 1.03. The number of hydrogen-bond acceptors (Lipinski definition) is 7. The van der Waals surface area contributed by atoms with Crippen molar-refractivity contribution in [2.45, 2.75) is 11.8 Å². The molecule has 0 aliphatic carbocycles. The minimum absolute atomic E-state index is 0.0166. The van der Waals surface area contributed by atoms with Gasteiger partial charge in [-0.15, -0.1) is 11.3 Å². The van der Waals surface area contributed by atoms with Crippen LogP contribution in [-0.2, 0) is 14.6 Å². The minimum Gasteiger partial charge on any atom is -0.461 e. The summed E-state index contributed by atoms with van der Waals surface area (Å²) in [6.45, 7) is 1.90. The second-order valence-corrected chi connectivity index (χ2v) is 7.32. The number of aromatic nitrogens is 1. The molecular weight excluding hydrogens is 340 g/mol. The number of sulfone groups is 1. The van der Waals surface area contributed by atoms with Gasteiger partial charge < -0.3 is 4.74 Å². The van der Waals surface area contributed by atoms with Crippen molar-refractivity contribution in [3.05, 3.63) is 40.9 Å². The smallest absolute Gasteiger partial charge is 0.357 e. The number of esters is 1. The van der Waals surface area contributed by atoms with Crippen LogP contribution in [0.1, 0.15) is 27.8 Å². The zero-order valence-corrected chi connectivity index (χ0v) is 14.0. The molecule has 0 saturated heterocycles. The maximum Gasteiger partial charge on any atom is 0.357 e. The Kier molecular flexibility index (Phi) is 5.12. The van der Waals surface area contributed by atoms with E-state index in [0.717, 1.165) is 17.6 Å². The van der Waals surface area contributed by atoms with E-state index in [1.54, 1.807) is 13.0 Å². The summed E-state index contributed by atoms with van der Waals surface area (Å²) in [5, 5.41) is 4.12. The van der Waals surface area contributed by atoms with Crippen molar-refractivity contribution < 1.29 is 22.7 Å². The molecule has 1 aromatic heterocycles. The normalized spacial score (nSPS) is 11.0. The van der Waals surface area contributed by atoms with Crippen LogP contribution in [0.2, 0.25) is 0 Å². The van der Waals surface area contributed by atoms with Crippen molar-refractivity contribution >= 4 is 38.2 Å². The van der Waals surface area contributed by atoms with E-state index in [9.17, 15) is 18.0 Å². The summed E-state index contributed by atoms with van der Waals surface area (Å²) in [5.74, 6) is -1.20. The van der Waals surface area contributed by atoms with E-state index in [2.05, 4.69) is 10.3 Å². The number of rotatable bonds is 5. The fourth-order valence-corrected chi connectivity index (χ4v) is 3.33. The maximum atomic E-state index is 12.3. The molecule has 7 nitrogen and oxygen atoms in total. The Morgan fingerprint density at radius 2 is 2.00 bits per heavy atom. The molecule has 0 atom stereocenters. The summed E-state index contributed by atoms with van der Waals surface area (Å²) in [7, 11) is -3.54. The molecule has 1 aromatic carbocycles. The molecule has 2 rings (SSSR count). The standard InChI is InChI=1S/C14H14N2O5S2/c1-3-21-13(18)10-8-22-14(15-10)16-12(17)9-6-4-5-7-11(9)23(2,19)20/h4-8H,3H2,1-2H3,(H,15,16,17). The van der Waals surface area contributed by atoms with E-state index < -0.39 is 21.7 Å². The molecule has 0 aliphatic heterocycles. The van der Waals surface area contributed by atoms with Gasteiger partial charge in [0.1, 0.15) is 0 Å². The van der Waals surface area contributed by atoms with E-state index in [1.165, 1.54) is 23.6 Å². The van der Waals surface area contributed by atoms with Crippen LogP contribution in [0.25, 0.3) is 0 Å². The first-order valence-corrected chi connectivity index (χ1v) is 9.33. The monoisotopic (exact) mass is 354 g/mol. The van der Waals surface area contributed by atoms with E-state index >= 15 is 0 Å². The van der Waals surface area contributed by atoms with Crippen molar-refractivity contribution in [1.82, 2.24) is 4.98 Å². The van der Waals surface area contributed by atoms with Crippen molar-refractivity contribution in [2.75, 3.05) is 18.2 Å². The van der Waals surface area contributed by atoms with Gasteiger partial charge in [0, 0.05) is 11.6 Å². The molecule has 1 amide bonds. The van der Waals surface area contributed by atoms with Crippen LogP contribution in [0.5, 0.6) is 0 Å². The summed E-state index contributed by atoms with van der Waals surface area (Å²) < 4.78 is 28.3. The lowest BCUT2D eigenvalue weighted by atomic mass is 10.2. The highest BCUT2D eigenvalue weighted by molar-refractivity contribution is 7.90. The molecule has 0 fully saturated rings. The van der Waals surface area contributed by atoms with Gasteiger partial charge in [-0.1, -0.05) is 12.1 Å². The van der Waals surface area contributed by atoms with Crippen LogP contribution < -0.4 is 5.32 Å². The zero-order chi connectivity index (χ0) is 17.0. The number of ether oxygens (including phenoxy) is 1. The van der Waals surface area contributed by atoms with Crippen LogP contribution in [0.4, 0.5) is 5.13 Å². The average Bonchev–Trinajstić information content (AvgIpc) is 2.95. The summed E-state index contributed by atoms with van der Waals surface area (Å²) in [6, 6.07) is 5.87. The van der Waals surface area contributed by atoms with Gasteiger partial charge >= 0.3 is 5.97 Å². The van der Waals surface area contributed by atoms with Crippen molar-refractivity contribution in [3.63, 3.8) is 0 Å². The van der Waals surface area contributed by atoms with Gasteiger partial charge in [-0.25, -0.2) is 18.2 Å². The molecular formula is C14H14N2O5S2. The molecule has 122 valence electrons. The van der Waals surface area contributed by atoms with Gasteiger partial charge in [-0.05, 0) is 19.1 Å². The van der Waals surface area contributed by atoms with Gasteiger partial charge in [0.05, 0.1) is 17.1 Å². The van der Waals surface area contributed by atoms with Gasteiger partial charge in [0.15, 0.2) is 20.7 Å². The van der Waals surface area contributed by atoms with E-state index in [4.69, 9.17) is 4.74 Å². The number of nitrogens with zero attached hydrogens (tertiary/aromatic N) is 1. The van der Waals surface area contributed by atoms with Crippen molar-refractivity contribution in [2.24, 2.45) is 0 Å². The molecule has 0 unspecified atom stereocenters. The Hall–Kier alpha value is -2.26. The first kappa shape index (κ1) is 17.1. The zero-order valence-electron chi connectivity index (χ0n) is 12.4. The Morgan fingerprint density at radius 1 is 1.30 bits per heavy atom. The van der Waals surface area contributed by atoms with Crippen LogP contribution in [0, 0.1) is 0 Å². The fraction of sp³-hybridized carbons (Fsp3) is 0.214. The van der Waals surface area contributed by atoms with Crippen molar-refractivity contribution in [3.8, 4) is 0 Å². The third-order valence-electron chi connectivity index (χ3n) is 2.74. The van der Waals surface area contributed by atoms with Crippen molar-refractivity contribution in [1.29, 1.82) is 0 Å². The lowest BCUT2D eigenvalue weighted by molar-refractivity contribution is 0.0520. The lowest BCUT2D eigenvalue weighted by Gasteiger charge is -2.06. The Labute approximate surface area is 137 Å². The third-order valence-corrected chi connectivity index (χ3v) is 4.65. The Morgan fingerprint density at radius 3 is 2.65 bits per heavy atom. The molecule has 1 N–H and O–H groups in total. The van der Waals surface area contributed by atoms with Gasteiger partial charge in [-0.2, -0.15) is 0 Å². The number of carbonyl (C=O) groups is 2. The molecule has 0 saturated carbocycles. The van der Waals surface area contributed by atoms with Crippen LogP contribution >= 0.6 is 11.3 Å². The first-order valence-electron chi connectivity index (χ1n) is 6.56. The Balaban J connectivity index is 2.22. The molecule has 0 bridgehead atoms. The molecule has 0 spiro atoms. The predicted octanol–water partition coefficient (Wildman–Crippen LogP) is 1.98. The number of anilines is 1. The highest BCUT2D eigenvalue weighted by Gasteiger charge is 2.19. The Bertz CT molecular complexity index is 842. The molecule has 9 heteroatoms. The molecule has 0 aliphatic rings. The summed E-state index contributed by atoms with van der Waals surface area (Å²) in [4.78, 5) is 27.7. The third kappa shape index (κ3) is 4.14. The SMILES string of the molecule is CCOC(=O)c1csc(NC(=O)c2ccccc2S(C)(=O)=O)n1. The number of thiazole rings is 1. The highest BCUT2D eigenvalue weighted by Crippen LogP contribution is 2.20. The second-order valence-electron chi connectivity index (χ2n) is 4.48. The molecule has 0 radical (unpaired) electrons. The average molecular weight is 354 g/mol. The van der Waals surface area contributed by atoms with Crippen LogP contribution in [0.15, 0.2) is 34.5 Å². The first-order chi connectivity index (χ1) is 10.8. The maximum absolute atomic E-state index is 12.3. The lowest BCUT2D eigenvalue weighted by Crippen LogP contribution is -2.16. The largest absolute Gasteiger partial charge is 0.461 e. The number of carbonyl (C=O) groups excluding carboxylic acids is 2. The van der Waals surface area contributed by atoms with E-state index in [-0.39, 0.29) is 27.9 Å². The molecule has 23 heavy (non-hydrogen) atoms. The summed E-state index contributed by atoms with van der Waals surface area (Å²) in [5.41, 5.74) is 0.103. The predicted molar refractivity (Wildman–Crippen MR) is 85.6 cm³/mol. The van der Waals surface area contributed by atoms with E-state index in [0.29, 0.717) is 0 Å². The van der Waals surface area contributed by atoms with Crippen LogP contribution in [-0.4, -0.2) is 38.1 Å².